The monoisotopic (exact) mass is 515 g/mol. The van der Waals surface area contributed by atoms with Gasteiger partial charge in [-0.05, 0) is 80.3 Å². The van der Waals surface area contributed by atoms with Gasteiger partial charge < -0.3 is 15.1 Å². The number of aliphatic hydroxyl groups is 1. The number of likely N-dealkylation sites (tertiary alicyclic amines) is 2. The number of piperidine rings is 1. The van der Waals surface area contributed by atoms with E-state index in [9.17, 15) is 15.0 Å². The molecule has 1 aromatic heterocycles. The summed E-state index contributed by atoms with van der Waals surface area (Å²) in [4.78, 5) is 21.9. The van der Waals surface area contributed by atoms with Gasteiger partial charge in [0.1, 0.15) is 0 Å². The highest BCUT2D eigenvalue weighted by atomic mass is 35.5. The first-order chi connectivity index (χ1) is 16.8. The van der Waals surface area contributed by atoms with Gasteiger partial charge in [0.15, 0.2) is 5.75 Å². The first kappa shape index (κ1) is 23.5. The van der Waals surface area contributed by atoms with Crippen LogP contribution < -0.4 is 0 Å². The predicted molar refractivity (Wildman–Crippen MR) is 135 cm³/mol. The Hall–Kier alpha value is -1.86. The molecule has 35 heavy (non-hydrogen) atoms. The second-order valence-electron chi connectivity index (χ2n) is 10.8. The topological polar surface area (TPSA) is 76.9 Å². The largest absolute Gasteiger partial charge is 0.505 e. The summed E-state index contributed by atoms with van der Waals surface area (Å²) >= 11 is 13.1. The van der Waals surface area contributed by atoms with E-state index in [1.807, 2.05) is 29.2 Å². The molecule has 4 aliphatic rings. The zero-order valence-electron chi connectivity index (χ0n) is 19.7. The fourth-order valence-corrected chi connectivity index (χ4v) is 7.67. The Morgan fingerprint density at radius 3 is 2.66 bits per heavy atom. The summed E-state index contributed by atoms with van der Waals surface area (Å²) in [7, 11) is 0. The minimum atomic E-state index is -1.04. The van der Waals surface area contributed by atoms with Gasteiger partial charge in [-0.15, -0.1) is 0 Å². The Bertz CT molecular complexity index is 1160. The van der Waals surface area contributed by atoms with Crippen molar-refractivity contribution in [1.29, 1.82) is 0 Å². The van der Waals surface area contributed by atoms with Crippen molar-refractivity contribution in [3.8, 4) is 5.75 Å². The molecule has 1 aromatic carbocycles. The van der Waals surface area contributed by atoms with Crippen LogP contribution in [-0.2, 0) is 23.1 Å². The molecule has 0 unspecified atom stereocenters. The zero-order chi connectivity index (χ0) is 24.4. The summed E-state index contributed by atoms with van der Waals surface area (Å²) in [6.07, 6.45) is 6.91. The number of nitrogens with zero attached hydrogens (tertiary/aromatic N) is 3. The van der Waals surface area contributed by atoms with Gasteiger partial charge in [-0.25, -0.2) is 0 Å². The lowest BCUT2D eigenvalue weighted by Crippen LogP contribution is -2.71. The molecule has 2 saturated heterocycles. The molecule has 3 fully saturated rings. The third-order valence-corrected chi connectivity index (χ3v) is 9.64. The molecule has 2 aromatic rings. The van der Waals surface area contributed by atoms with Crippen LogP contribution in [0.2, 0.25) is 10.0 Å². The van der Waals surface area contributed by atoms with Gasteiger partial charge in [-0.1, -0.05) is 29.3 Å². The Morgan fingerprint density at radius 2 is 1.91 bits per heavy atom. The maximum atomic E-state index is 13.3. The van der Waals surface area contributed by atoms with Crippen molar-refractivity contribution in [3.05, 3.63) is 57.3 Å². The molecule has 8 heteroatoms. The fraction of sp³-hybridized carbons (Fsp3) is 0.556. The van der Waals surface area contributed by atoms with E-state index >= 15 is 0 Å². The number of phenols is 1. The van der Waals surface area contributed by atoms with E-state index in [1.54, 1.807) is 6.20 Å². The van der Waals surface area contributed by atoms with Gasteiger partial charge >= 0.3 is 0 Å². The van der Waals surface area contributed by atoms with Crippen LogP contribution in [0.25, 0.3) is 0 Å². The van der Waals surface area contributed by atoms with Crippen LogP contribution in [0.15, 0.2) is 30.5 Å². The Kier molecular flexibility index (Phi) is 5.79. The summed E-state index contributed by atoms with van der Waals surface area (Å²) < 4.78 is 0. The number of aromatic hydroxyl groups is 1. The number of aromatic nitrogens is 1. The normalized spacial score (nSPS) is 30.4. The number of phenolic OH excluding ortho intramolecular Hbond substituents is 1. The average Bonchev–Trinajstić information content (AvgIpc) is 3.66. The number of fused-ring (bicyclic) bond motifs is 1. The lowest BCUT2D eigenvalue weighted by atomic mass is 9.52. The number of halogens is 2. The van der Waals surface area contributed by atoms with Crippen LogP contribution in [0.1, 0.15) is 48.9 Å². The van der Waals surface area contributed by atoms with Gasteiger partial charge in [0.05, 0.1) is 22.1 Å². The lowest BCUT2D eigenvalue weighted by Gasteiger charge is -2.61. The lowest BCUT2D eigenvalue weighted by molar-refractivity contribution is -0.149. The van der Waals surface area contributed by atoms with Crippen LogP contribution >= 0.6 is 23.2 Å². The van der Waals surface area contributed by atoms with Crippen molar-refractivity contribution in [2.24, 2.45) is 5.92 Å². The number of benzene rings is 1. The van der Waals surface area contributed by atoms with Crippen LogP contribution in [0, 0.1) is 5.92 Å². The summed E-state index contributed by atoms with van der Waals surface area (Å²) in [5.74, 6) is 0.619. The number of pyridine rings is 1. The van der Waals surface area contributed by atoms with Crippen LogP contribution in [-0.4, -0.2) is 68.7 Å². The van der Waals surface area contributed by atoms with E-state index in [2.05, 4.69) is 9.88 Å². The Balaban J connectivity index is 1.39. The quantitative estimate of drug-likeness (QED) is 0.644. The van der Waals surface area contributed by atoms with E-state index < -0.39 is 11.0 Å². The summed E-state index contributed by atoms with van der Waals surface area (Å²) in [6, 6.07) is 7.37. The van der Waals surface area contributed by atoms with Crippen molar-refractivity contribution in [2.45, 2.75) is 62.0 Å². The van der Waals surface area contributed by atoms with Gasteiger partial charge in [0.25, 0.3) is 0 Å². The van der Waals surface area contributed by atoms with Crippen molar-refractivity contribution in [2.75, 3.05) is 26.2 Å². The predicted octanol–water partition coefficient (Wildman–Crippen LogP) is 3.97. The molecule has 0 spiro atoms. The number of amides is 1. The molecule has 1 saturated carbocycles. The van der Waals surface area contributed by atoms with E-state index in [0.29, 0.717) is 38.3 Å². The maximum Gasteiger partial charge on any atom is 0.228 e. The third-order valence-electron chi connectivity index (χ3n) is 8.99. The number of hydrogen-bond acceptors (Lipinski definition) is 5. The minimum Gasteiger partial charge on any atom is -0.505 e. The second-order valence-corrected chi connectivity index (χ2v) is 11.6. The first-order valence-electron chi connectivity index (χ1n) is 12.7. The van der Waals surface area contributed by atoms with E-state index in [1.165, 1.54) is 12.8 Å². The van der Waals surface area contributed by atoms with Gasteiger partial charge in [0, 0.05) is 43.0 Å². The Morgan fingerprint density at radius 1 is 1.14 bits per heavy atom. The molecular weight excluding hydrogens is 485 g/mol. The standard InChI is InChI=1S/C27H31Cl2N3O3/c28-20-13-18-14-21-27(35)8-12-31(22(33)15-19-3-1-2-9-30-19)10-6-26(27,23(18)24(29)25(20)34)7-11-32(21)16-17-4-5-17/h1-3,9,13,17,21,34-35H,4-8,10-12,14-16H2/t21-,26+,27-/m1/s1. The maximum absolute atomic E-state index is 13.3. The fourth-order valence-electron chi connectivity index (χ4n) is 7.00. The number of carbonyl (C=O) groups excluding carboxylic acids is 1. The molecule has 1 amide bonds. The molecule has 2 aliphatic carbocycles. The highest BCUT2D eigenvalue weighted by Crippen LogP contribution is 2.59. The van der Waals surface area contributed by atoms with Crippen LogP contribution in [0.4, 0.5) is 0 Å². The Labute approximate surface area is 215 Å². The van der Waals surface area contributed by atoms with Gasteiger partial charge in [-0.3, -0.25) is 14.7 Å². The van der Waals surface area contributed by atoms with Crippen molar-refractivity contribution < 1.29 is 15.0 Å². The number of hydrogen-bond donors (Lipinski definition) is 2. The highest BCUT2D eigenvalue weighted by molar-refractivity contribution is 6.37. The number of rotatable bonds is 4. The molecular formula is C27H31Cl2N3O3. The molecule has 2 bridgehead atoms. The second kappa shape index (κ2) is 8.62. The smallest absolute Gasteiger partial charge is 0.228 e. The van der Waals surface area contributed by atoms with E-state index in [-0.39, 0.29) is 34.2 Å². The van der Waals surface area contributed by atoms with E-state index in [4.69, 9.17) is 23.2 Å². The molecule has 6 rings (SSSR count). The third kappa shape index (κ3) is 3.76. The van der Waals surface area contributed by atoms with E-state index in [0.717, 1.165) is 36.3 Å². The van der Waals surface area contributed by atoms with Gasteiger partial charge in [-0.2, -0.15) is 0 Å². The molecule has 2 N–H and O–H groups in total. The first-order valence-corrected chi connectivity index (χ1v) is 13.4. The average molecular weight is 516 g/mol. The summed E-state index contributed by atoms with van der Waals surface area (Å²) in [6.45, 7) is 2.90. The highest BCUT2D eigenvalue weighted by Gasteiger charge is 2.64. The van der Waals surface area contributed by atoms with Crippen molar-refractivity contribution in [1.82, 2.24) is 14.8 Å². The molecule has 6 nitrogen and oxygen atoms in total. The van der Waals surface area contributed by atoms with Crippen LogP contribution in [0.3, 0.4) is 0 Å². The number of carbonyl (C=O) groups is 1. The molecule has 3 heterocycles. The van der Waals surface area contributed by atoms with Crippen molar-refractivity contribution >= 4 is 29.1 Å². The molecule has 2 aliphatic heterocycles. The van der Waals surface area contributed by atoms with Crippen molar-refractivity contribution in [3.63, 3.8) is 0 Å². The van der Waals surface area contributed by atoms with Gasteiger partial charge in [0.2, 0.25) is 5.91 Å². The molecule has 0 radical (unpaired) electrons. The minimum absolute atomic E-state index is 0.0250. The summed E-state index contributed by atoms with van der Waals surface area (Å²) in [5.41, 5.74) is 0.922. The molecule has 186 valence electrons. The zero-order valence-corrected chi connectivity index (χ0v) is 21.2. The van der Waals surface area contributed by atoms with Crippen LogP contribution in [0.5, 0.6) is 5.75 Å². The summed E-state index contributed by atoms with van der Waals surface area (Å²) in [5, 5.41) is 23.8. The molecule has 3 atom stereocenters. The SMILES string of the molecule is O=C(Cc1ccccn1)N1CC[C@]23CCN(CC4CC4)[C@H](Cc4cc(Cl)c(O)c(Cl)c42)[C@]3(O)CC1.